The Bertz CT molecular complexity index is 1040. The molecule has 4 rings (SSSR count). The number of carbonyl (C=O) groups is 1. The lowest BCUT2D eigenvalue weighted by Gasteiger charge is -2.29. The summed E-state index contributed by atoms with van der Waals surface area (Å²) in [5.41, 5.74) is 3.71. The van der Waals surface area contributed by atoms with Gasteiger partial charge in [0.15, 0.2) is 0 Å². The molecular formula is C24H31N3O4S. The van der Waals surface area contributed by atoms with Gasteiger partial charge in [0.05, 0.1) is 24.5 Å². The van der Waals surface area contributed by atoms with Crippen molar-refractivity contribution in [3.8, 4) is 0 Å². The van der Waals surface area contributed by atoms with Gasteiger partial charge in [0.1, 0.15) is 0 Å². The van der Waals surface area contributed by atoms with Crippen LogP contribution in [0, 0.1) is 6.92 Å². The van der Waals surface area contributed by atoms with E-state index in [0.29, 0.717) is 13.1 Å². The summed E-state index contributed by atoms with van der Waals surface area (Å²) in [5, 5.41) is 2.98. The summed E-state index contributed by atoms with van der Waals surface area (Å²) in [6, 6.07) is 12.7. The molecule has 2 aromatic rings. The fourth-order valence-electron chi connectivity index (χ4n) is 4.22. The van der Waals surface area contributed by atoms with E-state index in [1.807, 2.05) is 19.1 Å². The van der Waals surface area contributed by atoms with Crippen LogP contribution in [0.25, 0.3) is 0 Å². The number of hydrogen-bond donors (Lipinski definition) is 1. The molecule has 172 valence electrons. The molecular weight excluding hydrogens is 426 g/mol. The highest BCUT2D eigenvalue weighted by Gasteiger charge is 2.25. The van der Waals surface area contributed by atoms with Crippen LogP contribution in [-0.2, 0) is 26.0 Å². The average molecular weight is 458 g/mol. The third-order valence-electron chi connectivity index (χ3n) is 6.10. The number of nitrogens with zero attached hydrogens (tertiary/aromatic N) is 2. The smallest absolute Gasteiger partial charge is 0.243 e. The average Bonchev–Trinajstić information content (AvgIpc) is 2.82. The molecule has 1 N–H and O–H groups in total. The van der Waals surface area contributed by atoms with Crippen LogP contribution in [0.5, 0.6) is 0 Å². The maximum absolute atomic E-state index is 12.8. The van der Waals surface area contributed by atoms with E-state index in [2.05, 4.69) is 16.3 Å². The Balaban J connectivity index is 1.37. The van der Waals surface area contributed by atoms with Crippen LogP contribution in [0.2, 0.25) is 0 Å². The number of hydrogen-bond acceptors (Lipinski definition) is 5. The second kappa shape index (κ2) is 10.0. The number of anilines is 2. The SMILES string of the molecule is Cc1cc(N2CCOCC2)ccc1NC(=O)Cc1ccc(S(=O)(=O)N2CCCCC2)cc1. The molecule has 2 aliphatic heterocycles. The molecule has 0 atom stereocenters. The van der Waals surface area contributed by atoms with Crippen molar-refractivity contribution in [3.05, 3.63) is 53.6 Å². The first kappa shape index (κ1) is 22.8. The van der Waals surface area contributed by atoms with Crippen LogP contribution < -0.4 is 10.2 Å². The Kier molecular flexibility index (Phi) is 7.13. The van der Waals surface area contributed by atoms with E-state index in [0.717, 1.165) is 68.1 Å². The molecule has 2 saturated heterocycles. The van der Waals surface area contributed by atoms with Crippen molar-refractivity contribution in [2.24, 2.45) is 0 Å². The van der Waals surface area contributed by atoms with Crippen molar-refractivity contribution in [1.82, 2.24) is 4.31 Å². The largest absolute Gasteiger partial charge is 0.378 e. The summed E-state index contributed by atoms with van der Waals surface area (Å²) in [7, 11) is -3.45. The van der Waals surface area contributed by atoms with Gasteiger partial charge in [-0.2, -0.15) is 4.31 Å². The quantitative estimate of drug-likeness (QED) is 0.721. The summed E-state index contributed by atoms with van der Waals surface area (Å²) in [6.07, 6.45) is 3.08. The molecule has 2 fully saturated rings. The van der Waals surface area contributed by atoms with Gasteiger partial charge in [-0.25, -0.2) is 8.42 Å². The molecule has 2 aromatic carbocycles. The number of piperidine rings is 1. The first-order valence-electron chi connectivity index (χ1n) is 11.3. The number of benzene rings is 2. The number of nitrogens with one attached hydrogen (secondary N) is 1. The minimum Gasteiger partial charge on any atom is -0.378 e. The lowest BCUT2D eigenvalue weighted by molar-refractivity contribution is -0.115. The lowest BCUT2D eigenvalue weighted by Crippen LogP contribution is -2.36. The van der Waals surface area contributed by atoms with Crippen LogP contribution >= 0.6 is 0 Å². The van der Waals surface area contributed by atoms with Crippen molar-refractivity contribution in [1.29, 1.82) is 0 Å². The van der Waals surface area contributed by atoms with Crippen molar-refractivity contribution in [2.75, 3.05) is 49.6 Å². The predicted octanol–water partition coefficient (Wildman–Crippen LogP) is 3.19. The van der Waals surface area contributed by atoms with Gasteiger partial charge in [0.2, 0.25) is 15.9 Å². The molecule has 0 spiro atoms. The molecule has 1 amide bonds. The summed E-state index contributed by atoms with van der Waals surface area (Å²) < 4.78 is 32.5. The second-order valence-corrected chi connectivity index (χ2v) is 10.4. The van der Waals surface area contributed by atoms with E-state index < -0.39 is 10.0 Å². The summed E-state index contributed by atoms with van der Waals surface area (Å²) >= 11 is 0. The number of rotatable bonds is 6. The van der Waals surface area contributed by atoms with Crippen LogP contribution in [0.15, 0.2) is 47.4 Å². The van der Waals surface area contributed by atoms with Crippen LogP contribution in [-0.4, -0.2) is 58.0 Å². The molecule has 0 bridgehead atoms. The number of morpholine rings is 1. The molecule has 0 aliphatic carbocycles. The first-order valence-corrected chi connectivity index (χ1v) is 12.7. The second-order valence-electron chi connectivity index (χ2n) is 8.43. The highest BCUT2D eigenvalue weighted by molar-refractivity contribution is 7.89. The maximum Gasteiger partial charge on any atom is 0.243 e. The zero-order valence-corrected chi connectivity index (χ0v) is 19.4. The van der Waals surface area contributed by atoms with Gasteiger partial charge in [0, 0.05) is 37.6 Å². The van der Waals surface area contributed by atoms with Gasteiger partial charge in [-0.1, -0.05) is 18.6 Å². The van der Waals surface area contributed by atoms with Crippen molar-refractivity contribution >= 4 is 27.3 Å². The summed E-state index contributed by atoms with van der Waals surface area (Å²) in [4.78, 5) is 15.2. The molecule has 0 saturated carbocycles. The Morgan fingerprint density at radius 1 is 0.969 bits per heavy atom. The maximum atomic E-state index is 12.8. The lowest BCUT2D eigenvalue weighted by atomic mass is 10.1. The molecule has 2 aliphatic rings. The first-order chi connectivity index (χ1) is 15.4. The van der Waals surface area contributed by atoms with E-state index in [1.165, 1.54) is 0 Å². The topological polar surface area (TPSA) is 79.0 Å². The van der Waals surface area contributed by atoms with Gasteiger partial charge in [-0.3, -0.25) is 4.79 Å². The highest BCUT2D eigenvalue weighted by atomic mass is 32.2. The van der Waals surface area contributed by atoms with E-state index in [1.54, 1.807) is 28.6 Å². The molecule has 32 heavy (non-hydrogen) atoms. The zero-order chi connectivity index (χ0) is 22.6. The van der Waals surface area contributed by atoms with Gasteiger partial charge in [-0.05, 0) is 61.2 Å². The van der Waals surface area contributed by atoms with Gasteiger partial charge in [-0.15, -0.1) is 0 Å². The number of ether oxygens (including phenoxy) is 1. The van der Waals surface area contributed by atoms with E-state index >= 15 is 0 Å². The minimum atomic E-state index is -3.45. The molecule has 0 unspecified atom stereocenters. The third kappa shape index (κ3) is 5.31. The van der Waals surface area contributed by atoms with E-state index in [-0.39, 0.29) is 17.2 Å². The summed E-state index contributed by atoms with van der Waals surface area (Å²) in [6.45, 7) is 6.35. The Labute approximate surface area is 190 Å². The third-order valence-corrected chi connectivity index (χ3v) is 8.01. The van der Waals surface area contributed by atoms with Gasteiger partial charge >= 0.3 is 0 Å². The Hall–Kier alpha value is -2.42. The van der Waals surface area contributed by atoms with Gasteiger partial charge < -0.3 is 15.0 Å². The zero-order valence-electron chi connectivity index (χ0n) is 18.5. The minimum absolute atomic E-state index is 0.126. The number of carbonyl (C=O) groups excluding carboxylic acids is 1. The van der Waals surface area contributed by atoms with Crippen molar-refractivity contribution in [3.63, 3.8) is 0 Å². The number of aryl methyl sites for hydroxylation is 1. The fraction of sp³-hybridized carbons (Fsp3) is 0.458. The molecule has 7 nitrogen and oxygen atoms in total. The molecule has 2 heterocycles. The molecule has 0 aromatic heterocycles. The Morgan fingerprint density at radius 2 is 1.66 bits per heavy atom. The van der Waals surface area contributed by atoms with E-state index in [4.69, 9.17) is 4.74 Å². The van der Waals surface area contributed by atoms with Crippen LogP contribution in [0.4, 0.5) is 11.4 Å². The van der Waals surface area contributed by atoms with Crippen LogP contribution in [0.3, 0.4) is 0 Å². The number of sulfonamides is 1. The molecule has 8 heteroatoms. The van der Waals surface area contributed by atoms with Crippen molar-refractivity contribution in [2.45, 2.75) is 37.5 Å². The highest BCUT2D eigenvalue weighted by Crippen LogP contribution is 2.24. The molecule has 0 radical (unpaired) electrons. The van der Waals surface area contributed by atoms with E-state index in [9.17, 15) is 13.2 Å². The summed E-state index contributed by atoms with van der Waals surface area (Å²) in [5.74, 6) is -0.126. The van der Waals surface area contributed by atoms with Gasteiger partial charge in [0.25, 0.3) is 0 Å². The number of amides is 1. The fourth-order valence-corrected chi connectivity index (χ4v) is 5.74. The predicted molar refractivity (Wildman–Crippen MR) is 126 cm³/mol. The standard InChI is InChI=1S/C24H31N3O4S/c1-19-17-21(26-13-15-31-16-14-26)7-10-23(19)25-24(28)18-20-5-8-22(9-6-20)32(29,30)27-11-3-2-4-12-27/h5-10,17H,2-4,11-16,18H2,1H3,(H,25,28). The normalized spacial score (nSPS) is 17.8. The van der Waals surface area contributed by atoms with Crippen molar-refractivity contribution < 1.29 is 17.9 Å². The van der Waals surface area contributed by atoms with Crippen LogP contribution in [0.1, 0.15) is 30.4 Å². The monoisotopic (exact) mass is 457 g/mol. The Morgan fingerprint density at radius 3 is 2.31 bits per heavy atom.